The van der Waals surface area contributed by atoms with Crippen molar-refractivity contribution in [3.8, 4) is 0 Å². The van der Waals surface area contributed by atoms with Crippen LogP contribution in [0.1, 0.15) is 41.1 Å². The lowest BCUT2D eigenvalue weighted by atomic mass is 10.1. The van der Waals surface area contributed by atoms with Gasteiger partial charge in [-0.25, -0.2) is 8.42 Å². The summed E-state index contributed by atoms with van der Waals surface area (Å²) < 4.78 is 32.0. The molecule has 0 unspecified atom stereocenters. The average Bonchev–Trinajstić information content (AvgIpc) is 3.11. The molecule has 0 N–H and O–H groups in total. The summed E-state index contributed by atoms with van der Waals surface area (Å²) in [5, 5.41) is 0. The number of Topliss-reactive ketones (excluding diaryl/α,β-unsaturated/α-hetero) is 1. The van der Waals surface area contributed by atoms with Gasteiger partial charge in [-0.2, -0.15) is 0 Å². The van der Waals surface area contributed by atoms with Crippen LogP contribution in [0.5, 0.6) is 0 Å². The maximum absolute atomic E-state index is 12.7. The summed E-state index contributed by atoms with van der Waals surface area (Å²) >= 11 is 0. The lowest BCUT2D eigenvalue weighted by Crippen LogP contribution is -2.36. The topological polar surface area (TPSA) is 67.6 Å². The summed E-state index contributed by atoms with van der Waals surface area (Å²) in [4.78, 5) is 12.8. The van der Waals surface area contributed by atoms with Crippen LogP contribution in [-0.2, 0) is 10.0 Å². The molecule has 24 heavy (non-hydrogen) atoms. The quantitative estimate of drug-likeness (QED) is 0.785. The zero-order valence-corrected chi connectivity index (χ0v) is 14.2. The van der Waals surface area contributed by atoms with Gasteiger partial charge < -0.3 is 4.42 Å². The Morgan fingerprint density at radius 2 is 1.92 bits per heavy atom. The second-order valence-corrected chi connectivity index (χ2v) is 8.32. The second-order valence-electron chi connectivity index (χ2n) is 6.39. The number of hydrogen-bond donors (Lipinski definition) is 0. The van der Waals surface area contributed by atoms with Crippen LogP contribution in [0, 0.1) is 5.92 Å². The summed E-state index contributed by atoms with van der Waals surface area (Å²) in [7, 11) is -2.34. The number of hydrogen-bond acceptors (Lipinski definition) is 4. The van der Waals surface area contributed by atoms with E-state index in [4.69, 9.17) is 4.42 Å². The van der Waals surface area contributed by atoms with E-state index in [0.29, 0.717) is 17.6 Å². The zero-order chi connectivity index (χ0) is 17.1. The first kappa shape index (κ1) is 15.2. The van der Waals surface area contributed by atoms with E-state index >= 15 is 0 Å². The second kappa shape index (κ2) is 5.08. The number of sulfonamides is 1. The predicted octanol–water partition coefficient (Wildman–Crippen LogP) is 3.26. The SMILES string of the molecule is C[C@H]1C[C@@H]1c1ccc(/C=C2\C(=O)c3ccccc3S(=O)(=O)N2C)o1. The molecular formula is C18H17NO4S. The number of furan rings is 1. The van der Waals surface area contributed by atoms with Crippen molar-refractivity contribution in [3.63, 3.8) is 0 Å². The van der Waals surface area contributed by atoms with Crippen LogP contribution in [-0.4, -0.2) is 25.6 Å². The van der Waals surface area contributed by atoms with Crippen molar-refractivity contribution in [3.05, 3.63) is 59.2 Å². The molecule has 124 valence electrons. The highest BCUT2D eigenvalue weighted by molar-refractivity contribution is 7.89. The third kappa shape index (κ3) is 2.21. The largest absolute Gasteiger partial charge is 0.461 e. The molecule has 1 aliphatic heterocycles. The van der Waals surface area contributed by atoms with E-state index in [1.807, 2.05) is 6.07 Å². The number of benzene rings is 1. The maximum atomic E-state index is 12.7. The van der Waals surface area contributed by atoms with Crippen molar-refractivity contribution in [1.82, 2.24) is 4.31 Å². The molecule has 1 saturated carbocycles. The minimum atomic E-state index is -3.73. The molecule has 2 atom stereocenters. The molecule has 0 radical (unpaired) electrons. The van der Waals surface area contributed by atoms with E-state index in [-0.39, 0.29) is 21.9 Å². The Morgan fingerprint density at radius 1 is 1.21 bits per heavy atom. The summed E-state index contributed by atoms with van der Waals surface area (Å²) in [5.74, 6) is 2.11. The van der Waals surface area contributed by atoms with E-state index in [1.54, 1.807) is 18.2 Å². The van der Waals surface area contributed by atoms with Gasteiger partial charge in [0.1, 0.15) is 17.2 Å². The van der Waals surface area contributed by atoms with Crippen LogP contribution >= 0.6 is 0 Å². The lowest BCUT2D eigenvalue weighted by Gasteiger charge is -2.27. The van der Waals surface area contributed by atoms with E-state index < -0.39 is 10.0 Å². The van der Waals surface area contributed by atoms with Crippen molar-refractivity contribution in [2.24, 2.45) is 5.92 Å². The molecular weight excluding hydrogens is 326 g/mol. The molecule has 0 spiro atoms. The average molecular weight is 343 g/mol. The Labute approximate surface area is 140 Å². The minimum Gasteiger partial charge on any atom is -0.461 e. The van der Waals surface area contributed by atoms with Crippen LogP contribution in [0.4, 0.5) is 0 Å². The highest BCUT2D eigenvalue weighted by Crippen LogP contribution is 2.47. The Morgan fingerprint density at radius 3 is 2.62 bits per heavy atom. The third-order valence-electron chi connectivity index (χ3n) is 4.74. The number of likely N-dealkylation sites (N-methyl/N-ethyl adjacent to an activating group) is 1. The van der Waals surface area contributed by atoms with Gasteiger partial charge in [0.2, 0.25) is 5.78 Å². The Kier molecular flexibility index (Phi) is 3.22. The molecule has 2 heterocycles. The Bertz CT molecular complexity index is 970. The maximum Gasteiger partial charge on any atom is 0.264 e. The van der Waals surface area contributed by atoms with E-state index in [9.17, 15) is 13.2 Å². The number of nitrogens with zero attached hydrogens (tertiary/aromatic N) is 1. The van der Waals surface area contributed by atoms with Gasteiger partial charge in [0, 0.05) is 24.6 Å². The van der Waals surface area contributed by atoms with E-state index in [1.165, 1.54) is 25.3 Å². The molecule has 1 aliphatic carbocycles. The number of carbonyl (C=O) groups is 1. The fourth-order valence-corrected chi connectivity index (χ4v) is 4.47. The number of allylic oxidation sites excluding steroid dienone is 1. The fraction of sp³-hybridized carbons (Fsp3) is 0.278. The summed E-state index contributed by atoms with van der Waals surface area (Å²) in [6, 6.07) is 9.94. The molecule has 0 amide bonds. The molecule has 0 bridgehead atoms. The summed E-state index contributed by atoms with van der Waals surface area (Å²) in [6.45, 7) is 2.16. The number of rotatable bonds is 2. The molecule has 1 aromatic carbocycles. The molecule has 5 nitrogen and oxygen atoms in total. The van der Waals surface area contributed by atoms with Crippen LogP contribution in [0.3, 0.4) is 0 Å². The lowest BCUT2D eigenvalue weighted by molar-refractivity contribution is 0.101. The van der Waals surface area contributed by atoms with Crippen molar-refractivity contribution >= 4 is 21.9 Å². The normalized spacial score (nSPS) is 26.5. The third-order valence-corrected chi connectivity index (χ3v) is 6.57. The van der Waals surface area contributed by atoms with E-state index in [0.717, 1.165) is 16.5 Å². The Balaban J connectivity index is 1.78. The molecule has 4 rings (SSSR count). The first-order chi connectivity index (χ1) is 11.4. The highest BCUT2D eigenvalue weighted by atomic mass is 32.2. The number of carbonyl (C=O) groups excluding carboxylic acids is 1. The van der Waals surface area contributed by atoms with Crippen molar-refractivity contribution in [2.75, 3.05) is 7.05 Å². The predicted molar refractivity (Wildman–Crippen MR) is 88.9 cm³/mol. The summed E-state index contributed by atoms with van der Waals surface area (Å²) in [6.07, 6.45) is 2.61. The first-order valence-electron chi connectivity index (χ1n) is 7.83. The van der Waals surface area contributed by atoms with Gasteiger partial charge in [0.05, 0.1) is 4.90 Å². The summed E-state index contributed by atoms with van der Waals surface area (Å²) in [5.41, 5.74) is 0.294. The van der Waals surface area contributed by atoms with Gasteiger partial charge in [0.15, 0.2) is 0 Å². The molecule has 6 heteroatoms. The van der Waals surface area contributed by atoms with Gasteiger partial charge in [0.25, 0.3) is 10.0 Å². The fourth-order valence-electron chi connectivity index (χ4n) is 3.09. The number of fused-ring (bicyclic) bond motifs is 1. The van der Waals surface area contributed by atoms with Crippen LogP contribution < -0.4 is 0 Å². The van der Waals surface area contributed by atoms with Crippen LogP contribution in [0.15, 0.2) is 51.4 Å². The number of ketones is 1. The van der Waals surface area contributed by atoms with Crippen LogP contribution in [0.2, 0.25) is 0 Å². The van der Waals surface area contributed by atoms with E-state index in [2.05, 4.69) is 6.92 Å². The molecule has 2 aromatic rings. The minimum absolute atomic E-state index is 0.0431. The zero-order valence-electron chi connectivity index (χ0n) is 13.4. The van der Waals surface area contributed by atoms with Gasteiger partial charge in [-0.05, 0) is 36.6 Å². The van der Waals surface area contributed by atoms with Crippen molar-refractivity contribution in [1.29, 1.82) is 0 Å². The van der Waals surface area contributed by atoms with Crippen molar-refractivity contribution < 1.29 is 17.6 Å². The molecule has 0 saturated heterocycles. The van der Waals surface area contributed by atoms with Gasteiger partial charge in [-0.1, -0.05) is 19.1 Å². The standard InChI is InChI=1S/C18H17NO4S/c1-11-9-14(11)16-8-7-12(23-16)10-15-18(20)13-5-3-4-6-17(13)24(21,22)19(15)2/h3-8,10-11,14H,9H2,1-2H3/b15-10+/t11-,14-/m0/s1. The van der Waals surface area contributed by atoms with Crippen molar-refractivity contribution in [2.45, 2.75) is 24.2 Å². The smallest absolute Gasteiger partial charge is 0.264 e. The highest BCUT2D eigenvalue weighted by Gasteiger charge is 2.38. The van der Waals surface area contributed by atoms with Gasteiger partial charge >= 0.3 is 0 Å². The monoisotopic (exact) mass is 343 g/mol. The molecule has 1 aromatic heterocycles. The van der Waals surface area contributed by atoms with Crippen LogP contribution in [0.25, 0.3) is 6.08 Å². The Hall–Kier alpha value is -2.34. The van der Waals surface area contributed by atoms with Gasteiger partial charge in [-0.3, -0.25) is 9.10 Å². The first-order valence-corrected chi connectivity index (χ1v) is 9.27. The molecule has 2 aliphatic rings. The van der Waals surface area contributed by atoms with Gasteiger partial charge in [-0.15, -0.1) is 0 Å². The molecule has 1 fully saturated rings.